The number of nitrogens with one attached hydrogen (secondary N) is 1. The van der Waals surface area contributed by atoms with Crippen LogP contribution in [0.2, 0.25) is 0 Å². The molecule has 4 nitrogen and oxygen atoms in total. The van der Waals surface area contributed by atoms with E-state index in [4.69, 9.17) is 5.11 Å². The molecule has 0 bridgehead atoms. The molecule has 0 fully saturated rings. The monoisotopic (exact) mass is 249 g/mol. The van der Waals surface area contributed by atoms with Gasteiger partial charge in [-0.2, -0.15) is 0 Å². The first-order chi connectivity index (χ1) is 8.56. The number of hydrogen-bond donors (Lipinski definition) is 2. The molecule has 94 valence electrons. The topological polar surface area (TPSA) is 66.4 Å². The Morgan fingerprint density at radius 2 is 2.11 bits per heavy atom. The van der Waals surface area contributed by atoms with Gasteiger partial charge in [0.2, 0.25) is 0 Å². The fourth-order valence-electron chi connectivity index (χ4n) is 1.87. The lowest BCUT2D eigenvalue weighted by molar-refractivity contribution is -0.140. The van der Waals surface area contributed by atoms with Crippen molar-refractivity contribution in [3.05, 3.63) is 47.8 Å². The molecule has 5 heteroatoms. The van der Waals surface area contributed by atoms with Crippen LogP contribution in [0.25, 0.3) is 0 Å². The number of hydrogen-bond acceptors (Lipinski definition) is 2. The van der Waals surface area contributed by atoms with Crippen LogP contribution in [-0.4, -0.2) is 23.0 Å². The molecule has 18 heavy (non-hydrogen) atoms. The molecule has 1 amide bonds. The third-order valence-corrected chi connectivity index (χ3v) is 2.80. The third kappa shape index (κ3) is 2.74. The molecule has 2 atom stereocenters. The highest BCUT2D eigenvalue weighted by Gasteiger charge is 2.25. The summed E-state index contributed by atoms with van der Waals surface area (Å²) in [5.74, 6) is -2.36. The molecule has 1 aliphatic rings. The van der Waals surface area contributed by atoms with Gasteiger partial charge >= 0.3 is 5.97 Å². The van der Waals surface area contributed by atoms with E-state index < -0.39 is 23.6 Å². The number of amides is 1. The molecule has 0 aliphatic heterocycles. The minimum absolute atomic E-state index is 0.224. The van der Waals surface area contributed by atoms with Crippen molar-refractivity contribution in [3.8, 4) is 0 Å². The van der Waals surface area contributed by atoms with Gasteiger partial charge in [-0.25, -0.2) is 4.39 Å². The van der Waals surface area contributed by atoms with Crippen LogP contribution in [0, 0.1) is 11.7 Å². The number of halogens is 1. The largest absolute Gasteiger partial charge is 0.481 e. The van der Waals surface area contributed by atoms with E-state index in [1.54, 1.807) is 12.2 Å². The maximum Gasteiger partial charge on any atom is 0.310 e. The zero-order valence-electron chi connectivity index (χ0n) is 9.47. The second-order valence-electron chi connectivity index (χ2n) is 4.16. The molecule has 1 aromatic rings. The van der Waals surface area contributed by atoms with E-state index >= 15 is 0 Å². The van der Waals surface area contributed by atoms with Crippen molar-refractivity contribution >= 4 is 11.9 Å². The molecule has 0 aromatic heterocycles. The lowest BCUT2D eigenvalue weighted by Crippen LogP contribution is -2.33. The summed E-state index contributed by atoms with van der Waals surface area (Å²) in [6, 6.07) is 5.04. The van der Waals surface area contributed by atoms with Gasteiger partial charge in [-0.3, -0.25) is 9.59 Å². The highest BCUT2D eigenvalue weighted by Crippen LogP contribution is 2.18. The molecule has 1 aromatic carbocycles. The Balaban J connectivity index is 1.97. The number of benzene rings is 1. The third-order valence-electron chi connectivity index (χ3n) is 2.80. The quantitative estimate of drug-likeness (QED) is 0.799. The highest BCUT2D eigenvalue weighted by molar-refractivity contribution is 5.94. The van der Waals surface area contributed by atoms with E-state index in [0.717, 1.165) is 6.07 Å². The van der Waals surface area contributed by atoms with Gasteiger partial charge in [0, 0.05) is 11.6 Å². The molecule has 0 saturated carbocycles. The first kappa shape index (κ1) is 12.3. The van der Waals surface area contributed by atoms with Gasteiger partial charge in [0.05, 0.1) is 5.92 Å². The van der Waals surface area contributed by atoms with Crippen LogP contribution in [0.3, 0.4) is 0 Å². The number of carbonyl (C=O) groups is 2. The average molecular weight is 249 g/mol. The van der Waals surface area contributed by atoms with Gasteiger partial charge < -0.3 is 10.4 Å². The van der Waals surface area contributed by atoms with E-state index in [-0.39, 0.29) is 11.6 Å². The molecular formula is C13H12FNO3. The molecule has 0 spiro atoms. The van der Waals surface area contributed by atoms with Crippen LogP contribution in [0.15, 0.2) is 36.4 Å². The zero-order valence-corrected chi connectivity index (χ0v) is 9.47. The predicted molar refractivity (Wildman–Crippen MR) is 62.5 cm³/mol. The molecule has 2 rings (SSSR count). The van der Waals surface area contributed by atoms with E-state index in [0.29, 0.717) is 6.42 Å². The maximum absolute atomic E-state index is 12.9. The van der Waals surface area contributed by atoms with Crippen LogP contribution in [-0.2, 0) is 4.79 Å². The van der Waals surface area contributed by atoms with E-state index in [9.17, 15) is 14.0 Å². The molecular weight excluding hydrogens is 237 g/mol. The molecule has 0 radical (unpaired) electrons. The average Bonchev–Trinajstić information content (AvgIpc) is 2.77. The fraction of sp³-hybridized carbons (Fsp3) is 0.231. The Bertz CT molecular complexity index is 513. The number of carboxylic acid groups (broad SMARTS) is 1. The van der Waals surface area contributed by atoms with Crippen LogP contribution in [0.4, 0.5) is 4.39 Å². The Kier molecular flexibility index (Phi) is 3.41. The van der Waals surface area contributed by atoms with Crippen LogP contribution < -0.4 is 5.32 Å². The van der Waals surface area contributed by atoms with Crippen molar-refractivity contribution < 1.29 is 19.1 Å². The van der Waals surface area contributed by atoms with Gasteiger partial charge in [-0.15, -0.1) is 0 Å². The summed E-state index contributed by atoms with van der Waals surface area (Å²) in [6.45, 7) is 0. The normalized spacial score (nSPS) is 21.8. The maximum atomic E-state index is 12.9. The first-order valence-corrected chi connectivity index (χ1v) is 5.54. The van der Waals surface area contributed by atoms with Gasteiger partial charge in [0.15, 0.2) is 0 Å². The highest BCUT2D eigenvalue weighted by atomic mass is 19.1. The Morgan fingerprint density at radius 3 is 2.72 bits per heavy atom. The lowest BCUT2D eigenvalue weighted by Gasteiger charge is -2.12. The second kappa shape index (κ2) is 5.00. The van der Waals surface area contributed by atoms with Crippen LogP contribution >= 0.6 is 0 Å². The van der Waals surface area contributed by atoms with Gasteiger partial charge in [-0.05, 0) is 24.6 Å². The Morgan fingerprint density at radius 1 is 1.33 bits per heavy atom. The summed E-state index contributed by atoms with van der Waals surface area (Å²) in [5.41, 5.74) is 0.224. The standard InChI is InChI=1S/C13H12FNO3/c14-10-3-1-2-8(6-10)12(16)15-11-5-4-9(7-11)13(17)18/h1-6,9,11H,7H2,(H,15,16)(H,17,18). The van der Waals surface area contributed by atoms with Gasteiger partial charge in [0.1, 0.15) is 5.82 Å². The van der Waals surface area contributed by atoms with Crippen molar-refractivity contribution in [2.75, 3.05) is 0 Å². The Hall–Kier alpha value is -2.17. The van der Waals surface area contributed by atoms with E-state index in [1.807, 2.05) is 0 Å². The zero-order chi connectivity index (χ0) is 13.1. The molecule has 1 aliphatic carbocycles. The number of carbonyl (C=O) groups excluding carboxylic acids is 1. The summed E-state index contributed by atoms with van der Waals surface area (Å²) in [7, 11) is 0. The Labute approximate surface area is 103 Å². The van der Waals surface area contributed by atoms with Crippen molar-refractivity contribution in [1.29, 1.82) is 0 Å². The summed E-state index contributed by atoms with van der Waals surface area (Å²) in [4.78, 5) is 22.5. The molecule has 2 N–H and O–H groups in total. The number of carboxylic acids is 1. The summed E-state index contributed by atoms with van der Waals surface area (Å²) >= 11 is 0. The summed E-state index contributed by atoms with van der Waals surface area (Å²) in [5, 5.41) is 11.5. The lowest BCUT2D eigenvalue weighted by atomic mass is 10.1. The smallest absolute Gasteiger partial charge is 0.310 e. The summed E-state index contributed by atoms with van der Waals surface area (Å²) in [6.07, 6.45) is 3.53. The first-order valence-electron chi connectivity index (χ1n) is 5.54. The van der Waals surface area contributed by atoms with E-state index in [1.165, 1.54) is 18.2 Å². The van der Waals surface area contributed by atoms with E-state index in [2.05, 4.69) is 5.32 Å². The molecule has 2 unspecified atom stereocenters. The SMILES string of the molecule is O=C(NC1C=CC(C(=O)O)C1)c1cccc(F)c1. The van der Waals surface area contributed by atoms with Gasteiger partial charge in [-0.1, -0.05) is 18.2 Å². The minimum atomic E-state index is -0.909. The van der Waals surface area contributed by atoms with Crippen molar-refractivity contribution in [3.63, 3.8) is 0 Å². The van der Waals surface area contributed by atoms with Crippen molar-refractivity contribution in [2.45, 2.75) is 12.5 Å². The number of rotatable bonds is 3. The molecule has 0 heterocycles. The second-order valence-corrected chi connectivity index (χ2v) is 4.16. The van der Waals surface area contributed by atoms with Crippen molar-refractivity contribution in [1.82, 2.24) is 5.32 Å². The number of aliphatic carboxylic acids is 1. The van der Waals surface area contributed by atoms with Crippen molar-refractivity contribution in [2.24, 2.45) is 5.92 Å². The van der Waals surface area contributed by atoms with Crippen LogP contribution in [0.1, 0.15) is 16.8 Å². The van der Waals surface area contributed by atoms with Crippen LogP contribution in [0.5, 0.6) is 0 Å². The molecule has 0 saturated heterocycles. The predicted octanol–water partition coefficient (Wildman–Crippen LogP) is 1.58. The summed E-state index contributed by atoms with van der Waals surface area (Å²) < 4.78 is 12.9. The minimum Gasteiger partial charge on any atom is -0.481 e. The fourth-order valence-corrected chi connectivity index (χ4v) is 1.87. The van der Waals surface area contributed by atoms with Gasteiger partial charge in [0.25, 0.3) is 5.91 Å².